The second kappa shape index (κ2) is 8.47. The van der Waals surface area contributed by atoms with Crippen LogP contribution < -0.4 is 14.8 Å². The highest BCUT2D eigenvalue weighted by Gasteiger charge is 2.23. The van der Waals surface area contributed by atoms with Crippen LogP contribution in [-0.2, 0) is 4.79 Å². The number of para-hydroxylation sites is 2. The summed E-state index contributed by atoms with van der Waals surface area (Å²) in [4.78, 5) is 16.8. The average Bonchev–Trinajstić information content (AvgIpc) is 3.05. The van der Waals surface area contributed by atoms with Crippen molar-refractivity contribution in [2.75, 3.05) is 19.5 Å². The number of fused-ring (bicyclic) bond motifs is 1. The van der Waals surface area contributed by atoms with Gasteiger partial charge < -0.3 is 14.8 Å². The van der Waals surface area contributed by atoms with Gasteiger partial charge in [-0.15, -0.1) is 0 Å². The number of imidazole rings is 1. The molecule has 3 rings (SSSR count). The zero-order valence-electron chi connectivity index (χ0n) is 15.5. The number of thioether (sulfide) groups is 1. The van der Waals surface area contributed by atoms with Crippen LogP contribution >= 0.6 is 11.8 Å². The Balaban J connectivity index is 1.80. The number of anilines is 1. The molecule has 2 aromatic carbocycles. The number of ether oxygens (including phenoxy) is 2. The molecule has 0 fully saturated rings. The first-order chi connectivity index (χ1) is 13.4. The van der Waals surface area contributed by atoms with E-state index in [2.05, 4.69) is 10.3 Å². The molecule has 0 aliphatic rings. The summed E-state index contributed by atoms with van der Waals surface area (Å²) in [6.45, 7) is -1.13. The van der Waals surface area contributed by atoms with E-state index < -0.39 is 11.8 Å². The SMILES string of the molecule is COc1cc(NC(=O)[C@@H](C)Sc2nc3ccccc3n2C(F)F)cc(OC)c1. The number of hydrogen-bond acceptors (Lipinski definition) is 5. The second-order valence-corrected chi connectivity index (χ2v) is 7.19. The maximum absolute atomic E-state index is 13.5. The van der Waals surface area contributed by atoms with E-state index in [0.29, 0.717) is 28.2 Å². The van der Waals surface area contributed by atoms with E-state index in [1.807, 2.05) is 0 Å². The predicted molar refractivity (Wildman–Crippen MR) is 104 cm³/mol. The van der Waals surface area contributed by atoms with E-state index in [1.165, 1.54) is 14.2 Å². The van der Waals surface area contributed by atoms with Crippen LogP contribution in [0.15, 0.2) is 47.6 Å². The molecule has 0 aliphatic carbocycles. The van der Waals surface area contributed by atoms with Crippen LogP contribution in [0, 0.1) is 0 Å². The zero-order valence-corrected chi connectivity index (χ0v) is 16.3. The van der Waals surface area contributed by atoms with Crippen molar-refractivity contribution in [3.63, 3.8) is 0 Å². The van der Waals surface area contributed by atoms with Gasteiger partial charge in [0.1, 0.15) is 11.5 Å². The summed E-state index contributed by atoms with van der Waals surface area (Å²) in [6.07, 6.45) is 0. The molecule has 6 nitrogen and oxygen atoms in total. The molecular formula is C19H19F2N3O3S. The van der Waals surface area contributed by atoms with Crippen molar-refractivity contribution in [3.8, 4) is 11.5 Å². The Labute approximate surface area is 164 Å². The van der Waals surface area contributed by atoms with Crippen molar-refractivity contribution in [1.82, 2.24) is 9.55 Å². The van der Waals surface area contributed by atoms with E-state index in [0.717, 1.165) is 16.3 Å². The Morgan fingerprint density at radius 1 is 1.14 bits per heavy atom. The quantitative estimate of drug-likeness (QED) is 0.582. The Hall–Kier alpha value is -2.81. The minimum absolute atomic E-state index is 0.0853. The number of hydrogen-bond donors (Lipinski definition) is 1. The molecule has 1 amide bonds. The van der Waals surface area contributed by atoms with Gasteiger partial charge in [0.2, 0.25) is 5.91 Å². The Kier molecular flexibility index (Phi) is 6.03. The van der Waals surface area contributed by atoms with E-state index in [9.17, 15) is 13.6 Å². The summed E-state index contributed by atoms with van der Waals surface area (Å²) < 4.78 is 38.3. The number of rotatable bonds is 7. The summed E-state index contributed by atoms with van der Waals surface area (Å²) in [6, 6.07) is 11.6. The fourth-order valence-corrected chi connectivity index (χ4v) is 3.55. The summed E-state index contributed by atoms with van der Waals surface area (Å²) in [5.41, 5.74) is 1.26. The van der Waals surface area contributed by atoms with Crippen LogP contribution in [0.3, 0.4) is 0 Å². The second-order valence-electron chi connectivity index (χ2n) is 5.88. The molecule has 0 saturated carbocycles. The first kappa shape index (κ1) is 19.9. The lowest BCUT2D eigenvalue weighted by atomic mass is 10.2. The topological polar surface area (TPSA) is 65.4 Å². The predicted octanol–water partition coefficient (Wildman–Crippen LogP) is 4.57. The summed E-state index contributed by atoms with van der Waals surface area (Å²) >= 11 is 0.969. The van der Waals surface area contributed by atoms with E-state index >= 15 is 0 Å². The summed E-state index contributed by atoms with van der Waals surface area (Å²) in [5, 5.41) is 2.17. The van der Waals surface area contributed by atoms with Crippen molar-refractivity contribution in [2.24, 2.45) is 0 Å². The Bertz CT molecular complexity index is 971. The van der Waals surface area contributed by atoms with Gasteiger partial charge in [0, 0.05) is 23.9 Å². The van der Waals surface area contributed by atoms with Gasteiger partial charge in [0.05, 0.1) is 30.5 Å². The lowest BCUT2D eigenvalue weighted by Gasteiger charge is -2.14. The van der Waals surface area contributed by atoms with Crippen molar-refractivity contribution >= 4 is 34.4 Å². The van der Waals surface area contributed by atoms with Gasteiger partial charge in [-0.2, -0.15) is 8.78 Å². The van der Waals surface area contributed by atoms with Crippen LogP contribution in [0.1, 0.15) is 13.5 Å². The third kappa shape index (κ3) is 4.19. The van der Waals surface area contributed by atoms with Crippen LogP contribution in [0.2, 0.25) is 0 Å². The number of benzene rings is 2. The summed E-state index contributed by atoms with van der Waals surface area (Å²) in [5.74, 6) is 0.692. The van der Waals surface area contributed by atoms with Gasteiger partial charge in [0.25, 0.3) is 0 Å². The number of nitrogens with one attached hydrogen (secondary N) is 1. The van der Waals surface area contributed by atoms with E-state index in [4.69, 9.17) is 9.47 Å². The van der Waals surface area contributed by atoms with Crippen molar-refractivity contribution in [3.05, 3.63) is 42.5 Å². The van der Waals surface area contributed by atoms with Crippen LogP contribution in [0.4, 0.5) is 14.5 Å². The number of carbonyl (C=O) groups is 1. The molecule has 0 spiro atoms. The van der Waals surface area contributed by atoms with E-state index in [1.54, 1.807) is 49.4 Å². The average molecular weight is 407 g/mol. The van der Waals surface area contributed by atoms with Gasteiger partial charge in [-0.3, -0.25) is 9.36 Å². The fourth-order valence-electron chi connectivity index (χ4n) is 2.63. The number of carbonyl (C=O) groups excluding carboxylic acids is 1. The number of aromatic nitrogens is 2. The summed E-state index contributed by atoms with van der Waals surface area (Å²) in [7, 11) is 3.02. The largest absolute Gasteiger partial charge is 0.497 e. The number of nitrogens with zero attached hydrogens (tertiary/aromatic N) is 2. The first-order valence-corrected chi connectivity index (χ1v) is 9.26. The monoisotopic (exact) mass is 407 g/mol. The van der Waals surface area contributed by atoms with Gasteiger partial charge in [0.15, 0.2) is 5.16 Å². The molecule has 28 heavy (non-hydrogen) atoms. The van der Waals surface area contributed by atoms with Crippen molar-refractivity contribution < 1.29 is 23.0 Å². The van der Waals surface area contributed by atoms with Gasteiger partial charge >= 0.3 is 6.55 Å². The van der Waals surface area contributed by atoms with Crippen LogP contribution in [0.25, 0.3) is 11.0 Å². The third-order valence-corrected chi connectivity index (χ3v) is 5.10. The number of amides is 1. The molecule has 3 aromatic rings. The van der Waals surface area contributed by atoms with Crippen molar-refractivity contribution in [2.45, 2.75) is 23.9 Å². The van der Waals surface area contributed by atoms with Gasteiger partial charge in [-0.1, -0.05) is 23.9 Å². The Morgan fingerprint density at radius 2 is 1.79 bits per heavy atom. The molecular weight excluding hydrogens is 388 g/mol. The highest BCUT2D eigenvalue weighted by molar-refractivity contribution is 8.00. The molecule has 1 atom stereocenters. The lowest BCUT2D eigenvalue weighted by Crippen LogP contribution is -2.23. The molecule has 1 aromatic heterocycles. The highest BCUT2D eigenvalue weighted by atomic mass is 32.2. The lowest BCUT2D eigenvalue weighted by molar-refractivity contribution is -0.115. The molecule has 0 unspecified atom stereocenters. The fraction of sp³-hybridized carbons (Fsp3) is 0.263. The first-order valence-electron chi connectivity index (χ1n) is 8.38. The zero-order chi connectivity index (χ0) is 20.3. The highest BCUT2D eigenvalue weighted by Crippen LogP contribution is 2.32. The number of alkyl halides is 2. The maximum Gasteiger partial charge on any atom is 0.321 e. The number of methoxy groups -OCH3 is 2. The normalized spacial score (nSPS) is 12.2. The smallest absolute Gasteiger partial charge is 0.321 e. The van der Waals surface area contributed by atoms with Crippen LogP contribution in [-0.4, -0.2) is 34.9 Å². The molecule has 0 aliphatic heterocycles. The third-order valence-electron chi connectivity index (χ3n) is 4.03. The Morgan fingerprint density at radius 3 is 2.39 bits per heavy atom. The maximum atomic E-state index is 13.5. The molecule has 1 heterocycles. The minimum atomic E-state index is -2.76. The minimum Gasteiger partial charge on any atom is -0.497 e. The molecule has 1 N–H and O–H groups in total. The standard InChI is InChI=1S/C19H19F2N3O3S/c1-11(17(25)22-12-8-13(26-2)10-14(9-12)27-3)28-19-23-15-6-4-5-7-16(15)24(19)18(20)21/h4-11,18H,1-3H3,(H,22,25)/t11-/m1/s1. The molecule has 0 bridgehead atoms. The van der Waals surface area contributed by atoms with Crippen LogP contribution in [0.5, 0.6) is 11.5 Å². The van der Waals surface area contributed by atoms with Gasteiger partial charge in [-0.05, 0) is 19.1 Å². The van der Waals surface area contributed by atoms with Gasteiger partial charge in [-0.25, -0.2) is 4.98 Å². The molecule has 0 saturated heterocycles. The van der Waals surface area contributed by atoms with E-state index in [-0.39, 0.29) is 11.1 Å². The molecule has 9 heteroatoms. The van der Waals surface area contributed by atoms with Crippen molar-refractivity contribution in [1.29, 1.82) is 0 Å². The molecule has 148 valence electrons. The number of halogens is 2. The molecule has 0 radical (unpaired) electrons.